The minimum atomic E-state index is -1.64. The van der Waals surface area contributed by atoms with Crippen molar-refractivity contribution in [3.63, 3.8) is 0 Å². The fourth-order valence-electron chi connectivity index (χ4n) is 7.26. The van der Waals surface area contributed by atoms with E-state index in [1.807, 2.05) is 65.0 Å². The molecule has 6 rings (SSSR count). The topological polar surface area (TPSA) is 181 Å². The van der Waals surface area contributed by atoms with Crippen LogP contribution in [0.5, 0.6) is 0 Å². The van der Waals surface area contributed by atoms with Crippen molar-refractivity contribution in [3.05, 3.63) is 75.9 Å². The molecule has 0 aromatic carbocycles. The number of aromatic nitrogens is 4. The van der Waals surface area contributed by atoms with Crippen LogP contribution in [0.25, 0.3) is 50.4 Å². The van der Waals surface area contributed by atoms with Gasteiger partial charge in [0.1, 0.15) is 5.54 Å². The van der Waals surface area contributed by atoms with Crippen LogP contribution in [-0.2, 0) is 24.6 Å². The van der Waals surface area contributed by atoms with Gasteiger partial charge in [-0.3, -0.25) is 9.59 Å². The van der Waals surface area contributed by atoms with E-state index in [0.717, 1.165) is 66.8 Å². The van der Waals surface area contributed by atoms with E-state index in [1.165, 1.54) is 14.2 Å². The molecule has 0 aliphatic carbocycles. The summed E-state index contributed by atoms with van der Waals surface area (Å²) in [5.74, 6) is -0.644. The van der Waals surface area contributed by atoms with Crippen LogP contribution in [0.3, 0.4) is 0 Å². The van der Waals surface area contributed by atoms with Gasteiger partial charge in [-0.15, -0.1) is 0 Å². The molecule has 3 aliphatic heterocycles. The van der Waals surface area contributed by atoms with Gasteiger partial charge in [0.2, 0.25) is 5.47 Å². The Morgan fingerprint density at radius 3 is 1.83 bits per heavy atom. The Balaban J connectivity index is 0.00000523. The fraction of sp³-hybridized carbons (Fsp3) is 0.385. The third kappa shape index (κ3) is 6.55. The lowest BCUT2D eigenvalue weighted by atomic mass is 9.83. The Morgan fingerprint density at radius 2 is 1.35 bits per heavy atom. The number of rotatable bonds is 8. The fourth-order valence-corrected chi connectivity index (χ4v) is 7.64. The van der Waals surface area contributed by atoms with E-state index in [1.54, 1.807) is 0 Å². The van der Waals surface area contributed by atoms with E-state index in [-0.39, 0.29) is 32.2 Å². The van der Waals surface area contributed by atoms with Crippen molar-refractivity contribution < 1.29 is 24.2 Å². The van der Waals surface area contributed by atoms with Crippen LogP contribution in [0.15, 0.2) is 41.1 Å². The molecule has 8 bridgehead atoms. The SMILES string of the molecule is C.C=Cc1c(C)c2cc3nc(cc4nc(cc5[nH]c(cc1[nH]2)c(C)c5[C@@]1(C)N=N[C@](O)(P)[C@H]1N)C(C)=C4CCC(=O)OC)C(CCC(=O)OC)=C3C. The first-order chi connectivity index (χ1) is 24.1. The van der Waals surface area contributed by atoms with Crippen LogP contribution in [0.4, 0.5) is 0 Å². The maximum Gasteiger partial charge on any atom is 0.305 e. The average molecular weight is 726 g/mol. The summed E-state index contributed by atoms with van der Waals surface area (Å²) < 4.78 is 9.94. The summed E-state index contributed by atoms with van der Waals surface area (Å²) in [6, 6.07) is 7.06. The number of nitrogens with two attached hydrogens (primary N) is 1. The molecule has 3 aromatic rings. The lowest BCUT2D eigenvalue weighted by Gasteiger charge is -2.30. The molecule has 3 aliphatic rings. The van der Waals surface area contributed by atoms with Crippen LogP contribution < -0.4 is 5.73 Å². The van der Waals surface area contributed by atoms with Gasteiger partial charge in [-0.25, -0.2) is 9.97 Å². The van der Waals surface area contributed by atoms with Crippen LogP contribution in [0.2, 0.25) is 0 Å². The van der Waals surface area contributed by atoms with Gasteiger partial charge in [-0.2, -0.15) is 10.2 Å². The molecular formula is C39H48N7O5P. The Bertz CT molecular complexity index is 2260. The van der Waals surface area contributed by atoms with Gasteiger partial charge < -0.3 is 30.3 Å². The first-order valence-corrected chi connectivity index (χ1v) is 17.3. The number of nitrogens with one attached hydrogen (secondary N) is 2. The van der Waals surface area contributed by atoms with Crippen molar-refractivity contribution >= 4 is 71.6 Å². The Hall–Kier alpha value is -4.77. The van der Waals surface area contributed by atoms with Gasteiger partial charge in [0.25, 0.3) is 0 Å². The summed E-state index contributed by atoms with van der Waals surface area (Å²) in [6.07, 6.45) is 2.99. The predicted octanol–water partition coefficient (Wildman–Crippen LogP) is 7.51. The lowest BCUT2D eigenvalue weighted by Crippen LogP contribution is -2.50. The molecule has 13 heteroatoms. The number of esters is 2. The molecule has 274 valence electrons. The molecule has 12 nitrogen and oxygen atoms in total. The number of aromatic amines is 2. The number of methoxy groups -OCH3 is 2. The van der Waals surface area contributed by atoms with E-state index in [2.05, 4.69) is 36.0 Å². The zero-order chi connectivity index (χ0) is 37.0. The molecule has 5 N–H and O–H groups in total. The summed E-state index contributed by atoms with van der Waals surface area (Å²) in [5.41, 5.74) is 17.1. The van der Waals surface area contributed by atoms with Crippen molar-refractivity contribution in [1.29, 1.82) is 0 Å². The summed E-state index contributed by atoms with van der Waals surface area (Å²) in [6.45, 7) is 14.0. The smallest absolute Gasteiger partial charge is 0.305 e. The predicted molar refractivity (Wildman–Crippen MR) is 210 cm³/mol. The number of fused-ring (bicyclic) bond motifs is 8. The van der Waals surface area contributed by atoms with E-state index in [9.17, 15) is 14.7 Å². The van der Waals surface area contributed by atoms with Crippen molar-refractivity contribution in [1.82, 2.24) is 19.9 Å². The molecular weight excluding hydrogens is 677 g/mol. The number of carbonyl (C=O) groups excluding carboxylic acids is 2. The molecule has 0 spiro atoms. The van der Waals surface area contributed by atoms with Crippen molar-refractivity contribution in [2.75, 3.05) is 14.2 Å². The van der Waals surface area contributed by atoms with Crippen molar-refractivity contribution in [3.8, 4) is 0 Å². The highest BCUT2D eigenvalue weighted by atomic mass is 31.0. The van der Waals surface area contributed by atoms with Gasteiger partial charge >= 0.3 is 11.9 Å². The number of allylic oxidation sites excluding steroid dienone is 4. The molecule has 0 amide bonds. The summed E-state index contributed by atoms with van der Waals surface area (Å²) >= 11 is 0. The number of nitrogens with zero attached hydrogens (tertiary/aromatic N) is 4. The van der Waals surface area contributed by atoms with Gasteiger partial charge in [-0.1, -0.05) is 29.3 Å². The molecule has 1 unspecified atom stereocenters. The van der Waals surface area contributed by atoms with Gasteiger partial charge in [0, 0.05) is 46.0 Å². The highest BCUT2D eigenvalue weighted by Crippen LogP contribution is 2.47. The summed E-state index contributed by atoms with van der Waals surface area (Å²) in [5, 5.41) is 19.7. The Morgan fingerprint density at radius 1 is 0.846 bits per heavy atom. The third-order valence-corrected chi connectivity index (χ3v) is 10.9. The van der Waals surface area contributed by atoms with E-state index < -0.39 is 17.0 Å². The molecule has 6 heterocycles. The van der Waals surface area contributed by atoms with Crippen molar-refractivity contribution in [2.24, 2.45) is 16.0 Å². The molecule has 4 atom stereocenters. The molecule has 0 fully saturated rings. The Labute approximate surface area is 306 Å². The normalized spacial score (nSPS) is 21.0. The Kier molecular flexibility index (Phi) is 10.6. The number of H-pyrrole nitrogens is 2. The quantitative estimate of drug-likeness (QED) is 0.136. The maximum absolute atomic E-state index is 12.3. The standard InChI is InChI=1S/C38H44N7O5P.CH4/c1-9-22-18(2)25-14-26-19(3)23(10-12-33(46)49-7)30(41-26)17-31-24(11-13-34(47)50-8)20(4)27(42-31)16-32-35(21(5)28(43-32)15-29(22)40-25)37(6)36(39)38(48,51)45-44-37;/h9,14-17,36,40,43,48H,1,10-13,39,51H2,2-8H3;1H4/t36-,37+,38+;/m0./s1. The summed E-state index contributed by atoms with van der Waals surface area (Å²) in [7, 11) is 5.06. The second kappa shape index (κ2) is 14.3. The molecule has 52 heavy (non-hydrogen) atoms. The zero-order valence-corrected chi connectivity index (χ0v) is 31.2. The van der Waals surface area contributed by atoms with Crippen LogP contribution >= 0.6 is 9.24 Å². The largest absolute Gasteiger partial charge is 0.469 e. The number of ether oxygens (including phenoxy) is 2. The minimum Gasteiger partial charge on any atom is -0.469 e. The maximum atomic E-state index is 12.3. The number of carbonyl (C=O) groups is 2. The number of hydrogen-bond acceptors (Lipinski definition) is 10. The molecule has 0 radical (unpaired) electrons. The lowest BCUT2D eigenvalue weighted by molar-refractivity contribution is -0.141. The molecule has 3 aromatic heterocycles. The van der Waals surface area contributed by atoms with E-state index in [4.69, 9.17) is 25.2 Å². The minimum absolute atomic E-state index is 0. The van der Waals surface area contributed by atoms with Crippen LogP contribution in [-0.4, -0.2) is 62.7 Å². The zero-order valence-electron chi connectivity index (χ0n) is 30.0. The van der Waals surface area contributed by atoms with Crippen LogP contribution in [0.1, 0.15) is 98.9 Å². The van der Waals surface area contributed by atoms with Gasteiger partial charge in [0.15, 0.2) is 0 Å². The second-order valence-corrected chi connectivity index (χ2v) is 14.3. The molecule has 0 saturated carbocycles. The third-order valence-electron chi connectivity index (χ3n) is 10.4. The number of aryl methyl sites for hydroxylation is 2. The molecule has 0 saturated heterocycles. The van der Waals surface area contributed by atoms with Gasteiger partial charge in [-0.05, 0) is 105 Å². The first-order valence-electron chi connectivity index (χ1n) is 16.8. The first kappa shape index (κ1) is 38.5. The number of hydrogen-bond donors (Lipinski definition) is 4. The highest BCUT2D eigenvalue weighted by Gasteiger charge is 2.52. The monoisotopic (exact) mass is 725 g/mol. The van der Waals surface area contributed by atoms with E-state index >= 15 is 0 Å². The number of aliphatic hydroxyl groups is 1. The second-order valence-electron chi connectivity index (χ2n) is 13.5. The van der Waals surface area contributed by atoms with Crippen molar-refractivity contribution in [2.45, 2.75) is 84.8 Å². The number of azo groups is 1. The van der Waals surface area contributed by atoms with E-state index in [0.29, 0.717) is 35.4 Å². The van der Waals surface area contributed by atoms with Gasteiger partial charge in [0.05, 0.1) is 43.0 Å². The highest BCUT2D eigenvalue weighted by molar-refractivity contribution is 7.18. The average Bonchev–Trinajstić information content (AvgIpc) is 3.81. The summed E-state index contributed by atoms with van der Waals surface area (Å²) in [4.78, 5) is 42.0. The van der Waals surface area contributed by atoms with Crippen LogP contribution in [0, 0.1) is 13.8 Å².